The van der Waals surface area contributed by atoms with E-state index in [0.717, 1.165) is 11.1 Å². The fourth-order valence-electron chi connectivity index (χ4n) is 3.41. The van der Waals surface area contributed by atoms with Crippen molar-refractivity contribution in [3.8, 4) is 5.75 Å². The third-order valence-electron chi connectivity index (χ3n) is 5.74. The van der Waals surface area contributed by atoms with Gasteiger partial charge in [-0.15, -0.1) is 0 Å². The molecule has 14 heteroatoms. The Morgan fingerprint density at radius 1 is 0.667 bits per heavy atom. The highest BCUT2D eigenvalue weighted by Gasteiger charge is 2.34. The molecule has 0 saturated heterocycles. The van der Waals surface area contributed by atoms with Gasteiger partial charge in [-0.2, -0.15) is 25.3 Å². The summed E-state index contributed by atoms with van der Waals surface area (Å²) in [5.41, 5.74) is 1.91. The van der Waals surface area contributed by atoms with Crippen molar-refractivity contribution in [3.05, 3.63) is 29.3 Å². The molecule has 8 atom stereocenters. The van der Waals surface area contributed by atoms with Gasteiger partial charge < -0.3 is 55.8 Å². The zero-order valence-corrected chi connectivity index (χ0v) is 21.5. The molecule has 0 amide bonds. The van der Waals surface area contributed by atoms with Gasteiger partial charge in [0.05, 0.1) is 25.4 Å². The molecular weight excluding hydrogens is 518 g/mol. The van der Waals surface area contributed by atoms with Crippen LogP contribution in [0.4, 0.5) is 0 Å². The molecule has 0 aromatic heterocycles. The number of rotatable bonds is 18. The number of thiol groups is 2. The van der Waals surface area contributed by atoms with E-state index in [1.54, 1.807) is 12.1 Å². The average molecular weight is 558 g/mol. The van der Waals surface area contributed by atoms with E-state index in [1.807, 2.05) is 6.07 Å². The summed E-state index contributed by atoms with van der Waals surface area (Å²) in [5.74, 6) is 1.52. The van der Waals surface area contributed by atoms with E-state index in [2.05, 4.69) is 25.3 Å². The van der Waals surface area contributed by atoms with Gasteiger partial charge in [-0.3, -0.25) is 4.90 Å². The lowest BCUT2D eigenvalue weighted by molar-refractivity contribution is -0.130. The Kier molecular flexibility index (Phi) is 15.7. The molecular formula is C22H39NO11S2. The number of aliphatic hydroxyl groups excluding tert-OH is 10. The molecule has 0 saturated carbocycles. The first-order chi connectivity index (χ1) is 17.0. The van der Waals surface area contributed by atoms with Crippen molar-refractivity contribution in [2.24, 2.45) is 0 Å². The number of hydrogen-bond acceptors (Lipinski definition) is 14. The van der Waals surface area contributed by atoms with Crippen molar-refractivity contribution in [1.82, 2.24) is 4.90 Å². The minimum Gasteiger partial charge on any atom is -0.492 e. The maximum atomic E-state index is 10.4. The van der Waals surface area contributed by atoms with Crippen LogP contribution < -0.4 is 4.74 Å². The summed E-state index contributed by atoms with van der Waals surface area (Å²) in [5, 5.41) is 97.7. The van der Waals surface area contributed by atoms with Gasteiger partial charge in [0, 0.05) is 31.1 Å². The first kappa shape index (κ1) is 33.3. The number of ether oxygens (including phenoxy) is 1. The highest BCUT2D eigenvalue weighted by Crippen LogP contribution is 2.21. The Morgan fingerprint density at radius 2 is 1.11 bits per heavy atom. The van der Waals surface area contributed by atoms with E-state index in [0.29, 0.717) is 17.3 Å². The summed E-state index contributed by atoms with van der Waals surface area (Å²) < 4.78 is 5.74. The van der Waals surface area contributed by atoms with Crippen LogP contribution in [0, 0.1) is 0 Å². The molecule has 0 aliphatic carbocycles. The van der Waals surface area contributed by atoms with Crippen LogP contribution in [0.5, 0.6) is 5.75 Å². The number of aliphatic hydroxyl groups is 10. The van der Waals surface area contributed by atoms with Gasteiger partial charge in [-0.05, 0) is 23.3 Å². The normalized spacial score (nSPS) is 18.8. The Hall–Kier alpha value is -0.720. The Morgan fingerprint density at radius 3 is 1.53 bits per heavy atom. The minimum atomic E-state index is -1.86. The predicted octanol–water partition coefficient (Wildman–Crippen LogP) is -3.90. The third kappa shape index (κ3) is 10.2. The first-order valence-corrected chi connectivity index (χ1v) is 12.6. The van der Waals surface area contributed by atoms with Crippen molar-refractivity contribution in [3.63, 3.8) is 0 Å². The highest BCUT2D eigenvalue weighted by molar-refractivity contribution is 7.79. The van der Waals surface area contributed by atoms with Crippen molar-refractivity contribution < 1.29 is 55.8 Å². The van der Waals surface area contributed by atoms with Crippen LogP contribution in [0.1, 0.15) is 11.1 Å². The molecule has 0 unspecified atom stereocenters. The van der Waals surface area contributed by atoms with Gasteiger partial charge in [0.2, 0.25) is 0 Å². The van der Waals surface area contributed by atoms with Crippen LogP contribution in [-0.4, -0.2) is 144 Å². The van der Waals surface area contributed by atoms with Crippen LogP contribution in [-0.2, 0) is 11.5 Å². The Bertz CT molecular complexity index is 720. The van der Waals surface area contributed by atoms with Gasteiger partial charge in [0.15, 0.2) is 0 Å². The zero-order chi connectivity index (χ0) is 27.4. The zero-order valence-electron chi connectivity index (χ0n) is 19.7. The fourth-order valence-corrected chi connectivity index (χ4v) is 4.02. The monoisotopic (exact) mass is 557 g/mol. The maximum Gasteiger partial charge on any atom is 0.119 e. The summed E-state index contributed by atoms with van der Waals surface area (Å²) in [6, 6.07) is 5.37. The molecule has 210 valence electrons. The molecule has 0 heterocycles. The van der Waals surface area contributed by atoms with Crippen LogP contribution >= 0.6 is 25.3 Å². The molecule has 36 heavy (non-hydrogen) atoms. The molecule has 10 N–H and O–H groups in total. The van der Waals surface area contributed by atoms with E-state index < -0.39 is 62.0 Å². The second-order valence-corrected chi connectivity index (χ2v) is 9.08. The van der Waals surface area contributed by atoms with Crippen molar-refractivity contribution in [1.29, 1.82) is 0 Å². The summed E-state index contributed by atoms with van der Waals surface area (Å²) in [4.78, 5) is 1.36. The van der Waals surface area contributed by atoms with E-state index in [4.69, 9.17) is 14.9 Å². The van der Waals surface area contributed by atoms with E-state index in [-0.39, 0.29) is 26.2 Å². The van der Waals surface area contributed by atoms with Gasteiger partial charge in [-0.1, -0.05) is 6.07 Å². The highest BCUT2D eigenvalue weighted by atomic mass is 32.1. The average Bonchev–Trinajstić information content (AvgIpc) is 2.89. The lowest BCUT2D eigenvalue weighted by Crippen LogP contribution is -2.53. The van der Waals surface area contributed by atoms with E-state index in [9.17, 15) is 40.9 Å². The smallest absolute Gasteiger partial charge is 0.119 e. The van der Waals surface area contributed by atoms with Gasteiger partial charge in [0.25, 0.3) is 0 Å². The summed E-state index contributed by atoms with van der Waals surface area (Å²) >= 11 is 8.55. The topological polar surface area (TPSA) is 215 Å². The Balaban J connectivity index is 2.91. The van der Waals surface area contributed by atoms with Crippen LogP contribution in [0.3, 0.4) is 0 Å². The van der Waals surface area contributed by atoms with Gasteiger partial charge >= 0.3 is 0 Å². The third-order valence-corrected chi connectivity index (χ3v) is 6.42. The van der Waals surface area contributed by atoms with Crippen molar-refractivity contribution >= 4 is 25.3 Å². The quantitative estimate of drug-likeness (QED) is 0.0781. The van der Waals surface area contributed by atoms with Crippen molar-refractivity contribution in [2.45, 2.75) is 60.3 Å². The number of hydrogen-bond donors (Lipinski definition) is 12. The molecule has 0 bridgehead atoms. The second kappa shape index (κ2) is 17.0. The van der Waals surface area contributed by atoms with Crippen LogP contribution in [0.2, 0.25) is 0 Å². The fraction of sp³-hybridized carbons (Fsp3) is 0.727. The van der Waals surface area contributed by atoms with Crippen LogP contribution in [0.15, 0.2) is 18.2 Å². The SMILES string of the molecule is OC[C@@H](O)[C@@H](O)[C@H](O)[C@@H](O)CN(CCOc1ccc(CS)c(CS)c1)C[C@H](O)[C@@H](O)[C@H](O)[C@H](O)CO. The lowest BCUT2D eigenvalue weighted by Gasteiger charge is -2.33. The van der Waals surface area contributed by atoms with Crippen molar-refractivity contribution in [2.75, 3.05) is 39.5 Å². The molecule has 0 radical (unpaired) electrons. The summed E-state index contributed by atoms with van der Waals surface area (Å²) in [6.45, 7) is -2.38. The van der Waals surface area contributed by atoms with E-state index >= 15 is 0 Å². The number of nitrogens with zero attached hydrogens (tertiary/aromatic N) is 1. The Labute approximate surface area is 220 Å². The first-order valence-electron chi connectivity index (χ1n) is 11.4. The summed E-state index contributed by atoms with van der Waals surface area (Å²) in [7, 11) is 0. The molecule has 1 rings (SSSR count). The molecule has 1 aromatic rings. The molecule has 0 aliphatic heterocycles. The lowest BCUT2D eigenvalue weighted by atomic mass is 10.0. The van der Waals surface area contributed by atoms with Crippen LogP contribution in [0.25, 0.3) is 0 Å². The maximum absolute atomic E-state index is 10.4. The largest absolute Gasteiger partial charge is 0.492 e. The molecule has 0 spiro atoms. The van der Waals surface area contributed by atoms with E-state index in [1.165, 1.54) is 4.90 Å². The van der Waals surface area contributed by atoms with Gasteiger partial charge in [0.1, 0.15) is 49.0 Å². The standard InChI is InChI=1S/C22H39NO11S2/c24-8-17(28)21(32)19(30)15(26)6-23(7-16(27)20(31)22(33)18(29)9-25)3-4-34-14-2-1-12(10-35)13(5-14)11-36/h1-2,5,15-22,24-33,35-36H,3-4,6-11H2/t15-,16-,17+,18+,19+,20+,21+,22+/m0/s1. The minimum absolute atomic E-state index is 0.0293. The number of benzene rings is 1. The second-order valence-electron chi connectivity index (χ2n) is 8.45. The molecule has 0 aliphatic rings. The molecule has 12 nitrogen and oxygen atoms in total. The molecule has 1 aromatic carbocycles. The summed E-state index contributed by atoms with van der Waals surface area (Å²) in [6.07, 6.45) is -14.1. The predicted molar refractivity (Wildman–Crippen MR) is 136 cm³/mol. The molecule has 0 fully saturated rings. The van der Waals surface area contributed by atoms with Gasteiger partial charge in [-0.25, -0.2) is 0 Å².